The van der Waals surface area contributed by atoms with Crippen molar-refractivity contribution in [1.29, 1.82) is 0 Å². The predicted octanol–water partition coefficient (Wildman–Crippen LogP) is 3.30. The summed E-state index contributed by atoms with van der Waals surface area (Å²) in [5, 5.41) is 0. The Labute approximate surface area is 94.9 Å². The van der Waals surface area contributed by atoms with Gasteiger partial charge in [-0.1, -0.05) is 12.1 Å². The molecule has 0 amide bonds. The third-order valence-corrected chi connectivity index (χ3v) is 2.64. The molecule has 1 unspecified atom stereocenters. The van der Waals surface area contributed by atoms with E-state index in [4.69, 9.17) is 5.48 Å². The SMILES string of the molecule is [2H]C1[C@@H](c2ccc(F)cc2)CC[C@]([2H])(C=O)C1([2H])[2H]. The molecule has 2 rings (SSSR count). The highest BCUT2D eigenvalue weighted by Gasteiger charge is 2.21. The van der Waals surface area contributed by atoms with Crippen molar-refractivity contribution < 1.29 is 14.7 Å². The second kappa shape index (κ2) is 4.56. The third-order valence-electron chi connectivity index (χ3n) is 2.64. The molecule has 1 fully saturated rings. The van der Waals surface area contributed by atoms with E-state index in [9.17, 15) is 9.18 Å². The van der Waals surface area contributed by atoms with E-state index in [1.165, 1.54) is 24.3 Å². The molecular formula is C13H15FO. The van der Waals surface area contributed by atoms with Gasteiger partial charge in [0, 0.05) is 11.4 Å². The topological polar surface area (TPSA) is 17.1 Å². The van der Waals surface area contributed by atoms with Crippen molar-refractivity contribution in [2.45, 2.75) is 31.5 Å². The Morgan fingerprint density at radius 3 is 2.80 bits per heavy atom. The lowest BCUT2D eigenvalue weighted by Crippen LogP contribution is -2.14. The maximum absolute atomic E-state index is 12.9. The number of rotatable bonds is 2. The number of hydrogen-bond donors (Lipinski definition) is 0. The Hall–Kier alpha value is -1.18. The Morgan fingerprint density at radius 1 is 1.40 bits per heavy atom. The molecule has 0 bridgehead atoms. The van der Waals surface area contributed by atoms with Crippen molar-refractivity contribution >= 4 is 6.29 Å². The zero-order chi connectivity index (χ0) is 14.3. The highest BCUT2D eigenvalue weighted by atomic mass is 19.1. The van der Waals surface area contributed by atoms with Crippen molar-refractivity contribution in [1.82, 2.24) is 0 Å². The average Bonchev–Trinajstić information content (AvgIpc) is 2.38. The van der Waals surface area contributed by atoms with Gasteiger partial charge in [0.05, 0.1) is 0 Å². The van der Waals surface area contributed by atoms with E-state index in [0.29, 0.717) is 18.3 Å². The van der Waals surface area contributed by atoms with Crippen LogP contribution in [0.3, 0.4) is 0 Å². The van der Waals surface area contributed by atoms with Crippen LogP contribution in [0.2, 0.25) is 0 Å². The number of benzene rings is 1. The van der Waals surface area contributed by atoms with Crippen LogP contribution in [0.15, 0.2) is 24.3 Å². The maximum Gasteiger partial charge on any atom is 0.123 e. The molecule has 0 aromatic heterocycles. The van der Waals surface area contributed by atoms with Crippen molar-refractivity contribution in [2.75, 3.05) is 0 Å². The molecule has 0 radical (unpaired) electrons. The fourth-order valence-electron chi connectivity index (χ4n) is 1.74. The minimum atomic E-state index is -2.22. The van der Waals surface area contributed by atoms with E-state index in [0.717, 1.165) is 0 Å². The van der Waals surface area contributed by atoms with Gasteiger partial charge in [-0.3, -0.25) is 0 Å². The number of halogens is 1. The Morgan fingerprint density at radius 2 is 2.13 bits per heavy atom. The number of hydrogen-bond acceptors (Lipinski definition) is 1. The van der Waals surface area contributed by atoms with Crippen molar-refractivity contribution in [2.24, 2.45) is 5.89 Å². The quantitative estimate of drug-likeness (QED) is 0.684. The lowest BCUT2D eigenvalue weighted by atomic mass is 9.79. The molecule has 1 aliphatic rings. The predicted molar refractivity (Wildman–Crippen MR) is 57.2 cm³/mol. The van der Waals surface area contributed by atoms with Gasteiger partial charge in [-0.05, 0) is 49.2 Å². The van der Waals surface area contributed by atoms with Gasteiger partial charge < -0.3 is 4.79 Å². The molecule has 1 aromatic rings. The van der Waals surface area contributed by atoms with Crippen LogP contribution in [0.25, 0.3) is 0 Å². The highest BCUT2D eigenvalue weighted by Crippen LogP contribution is 2.34. The van der Waals surface area contributed by atoms with Gasteiger partial charge in [-0.25, -0.2) is 4.39 Å². The first-order valence-electron chi connectivity index (χ1n) is 7.03. The number of aldehydes is 1. The van der Waals surface area contributed by atoms with Crippen LogP contribution in [0.1, 0.15) is 42.6 Å². The monoisotopic (exact) mass is 210 g/mol. The van der Waals surface area contributed by atoms with Crippen molar-refractivity contribution in [3.8, 4) is 0 Å². The molecular weight excluding hydrogens is 191 g/mol. The van der Waals surface area contributed by atoms with E-state index in [-0.39, 0.29) is 12.2 Å². The molecule has 3 atom stereocenters. The molecule has 1 saturated carbocycles. The molecule has 1 aliphatic carbocycles. The number of carbonyl (C=O) groups excluding carboxylic acids is 1. The minimum Gasteiger partial charge on any atom is -0.303 e. The van der Waals surface area contributed by atoms with E-state index >= 15 is 0 Å². The Bertz CT molecular complexity index is 476. The zero-order valence-corrected chi connectivity index (χ0v) is 8.24. The van der Waals surface area contributed by atoms with Gasteiger partial charge in [0.1, 0.15) is 12.1 Å². The van der Waals surface area contributed by atoms with Gasteiger partial charge >= 0.3 is 0 Å². The summed E-state index contributed by atoms with van der Waals surface area (Å²) in [6, 6.07) is 5.63. The van der Waals surface area contributed by atoms with Crippen LogP contribution in [0.5, 0.6) is 0 Å². The summed E-state index contributed by atoms with van der Waals surface area (Å²) in [6.45, 7) is 0. The first-order valence-corrected chi connectivity index (χ1v) is 4.96. The van der Waals surface area contributed by atoms with E-state index in [1.54, 1.807) is 0 Å². The van der Waals surface area contributed by atoms with Crippen molar-refractivity contribution in [3.05, 3.63) is 35.6 Å². The molecule has 2 heteroatoms. The first kappa shape index (κ1) is 6.41. The second-order valence-electron chi connectivity index (χ2n) is 3.65. The summed E-state index contributed by atoms with van der Waals surface area (Å²) >= 11 is 0. The van der Waals surface area contributed by atoms with E-state index in [2.05, 4.69) is 0 Å². The van der Waals surface area contributed by atoms with Gasteiger partial charge in [0.25, 0.3) is 0 Å². The Kier molecular flexibility index (Phi) is 1.95. The summed E-state index contributed by atoms with van der Waals surface area (Å²) in [5.41, 5.74) is 0.679. The van der Waals surface area contributed by atoms with Crippen molar-refractivity contribution in [3.63, 3.8) is 0 Å². The molecule has 0 aliphatic heterocycles. The summed E-state index contributed by atoms with van der Waals surface area (Å²) in [6.07, 6.45) is -2.68. The van der Waals surface area contributed by atoms with Crippen LogP contribution >= 0.6 is 0 Å². The normalized spacial score (nSPS) is 43.3. The fourth-order valence-corrected chi connectivity index (χ4v) is 1.74. The van der Waals surface area contributed by atoms with Gasteiger partial charge in [0.2, 0.25) is 0 Å². The maximum atomic E-state index is 12.9. The fraction of sp³-hybridized carbons (Fsp3) is 0.462. The van der Waals surface area contributed by atoms with Gasteiger partial charge in [-0.15, -0.1) is 0 Å². The molecule has 1 nitrogen and oxygen atoms in total. The van der Waals surface area contributed by atoms with Crippen LogP contribution < -0.4 is 0 Å². The zero-order valence-electron chi connectivity index (χ0n) is 12.2. The largest absolute Gasteiger partial charge is 0.303 e. The lowest BCUT2D eigenvalue weighted by molar-refractivity contribution is -0.111. The molecule has 0 spiro atoms. The summed E-state index contributed by atoms with van der Waals surface area (Å²) < 4.78 is 44.6. The Balaban J connectivity index is 2.32. The van der Waals surface area contributed by atoms with Crippen LogP contribution in [-0.4, -0.2) is 6.29 Å². The van der Waals surface area contributed by atoms with Gasteiger partial charge in [-0.2, -0.15) is 0 Å². The smallest absolute Gasteiger partial charge is 0.123 e. The second-order valence-corrected chi connectivity index (χ2v) is 3.65. The summed E-state index contributed by atoms with van der Waals surface area (Å²) in [5.74, 6) is -2.67. The molecule has 1 aromatic carbocycles. The minimum absolute atomic E-state index is 0.0704. The lowest BCUT2D eigenvalue weighted by Gasteiger charge is -2.25. The summed E-state index contributed by atoms with van der Waals surface area (Å²) in [4.78, 5) is 11.0. The van der Waals surface area contributed by atoms with Crippen LogP contribution in [-0.2, 0) is 4.79 Å². The molecule has 80 valence electrons. The summed E-state index contributed by atoms with van der Waals surface area (Å²) in [7, 11) is 0. The highest BCUT2D eigenvalue weighted by molar-refractivity contribution is 5.53. The first-order chi connectivity index (χ1) is 8.82. The van der Waals surface area contributed by atoms with E-state index < -0.39 is 24.6 Å². The number of carbonyl (C=O) groups is 1. The molecule has 0 heterocycles. The molecule has 0 N–H and O–H groups in total. The standard InChI is InChI=1S/C13H15FO/c14-13-7-5-12(6-8-13)11-3-1-10(9-15)2-4-11/h5-11H,1-4H2/t10-,11-/i1D2,3D,10D/t3?,10-,11-/m1/s1. The third kappa shape index (κ3) is 2.44. The van der Waals surface area contributed by atoms with E-state index in [1.807, 2.05) is 0 Å². The molecule has 15 heavy (non-hydrogen) atoms. The molecule has 0 saturated heterocycles. The van der Waals surface area contributed by atoms with Gasteiger partial charge in [0.15, 0.2) is 0 Å². The average molecular weight is 210 g/mol. The van der Waals surface area contributed by atoms with Crippen LogP contribution in [0.4, 0.5) is 4.39 Å². The van der Waals surface area contributed by atoms with Crippen LogP contribution in [0, 0.1) is 11.7 Å².